The van der Waals surface area contributed by atoms with E-state index in [0.717, 1.165) is 37.2 Å². The third kappa shape index (κ3) is 3.22. The second-order valence-corrected chi connectivity index (χ2v) is 5.20. The lowest BCUT2D eigenvalue weighted by Crippen LogP contribution is -2.29. The highest BCUT2D eigenvalue weighted by Crippen LogP contribution is 2.26. The Kier molecular flexibility index (Phi) is 3.84. The average molecular weight is 248 g/mol. The van der Waals surface area contributed by atoms with Gasteiger partial charge >= 0.3 is 5.97 Å². The number of hydrogen-bond donors (Lipinski definition) is 2. The number of rotatable bonds is 3. The van der Waals surface area contributed by atoms with Gasteiger partial charge in [-0.25, -0.2) is 4.98 Å². The molecule has 0 amide bonds. The molecule has 1 heterocycles. The minimum absolute atomic E-state index is 0.157. The van der Waals surface area contributed by atoms with Crippen molar-refractivity contribution in [3.8, 4) is 0 Å². The Labute approximate surface area is 107 Å². The number of pyridine rings is 1. The fourth-order valence-electron chi connectivity index (χ4n) is 2.61. The highest BCUT2D eigenvalue weighted by atomic mass is 16.4. The quantitative estimate of drug-likeness (QED) is 0.863. The van der Waals surface area contributed by atoms with Gasteiger partial charge in [-0.05, 0) is 57.2 Å². The van der Waals surface area contributed by atoms with E-state index in [1.165, 1.54) is 5.56 Å². The van der Waals surface area contributed by atoms with Crippen LogP contribution in [0.4, 0.5) is 5.82 Å². The molecule has 0 aliphatic heterocycles. The molecule has 2 rings (SSSR count). The molecular formula is C14H20N2O2. The lowest BCUT2D eigenvalue weighted by atomic mass is 9.86. The van der Waals surface area contributed by atoms with E-state index in [4.69, 9.17) is 5.11 Å². The van der Waals surface area contributed by atoms with Gasteiger partial charge in [0.05, 0.1) is 5.92 Å². The van der Waals surface area contributed by atoms with Crippen LogP contribution in [0.15, 0.2) is 12.1 Å². The Bertz CT molecular complexity index is 417. The fraction of sp³-hybridized carbons (Fsp3) is 0.571. The van der Waals surface area contributed by atoms with Crippen molar-refractivity contribution in [1.29, 1.82) is 0 Å². The zero-order valence-corrected chi connectivity index (χ0v) is 10.9. The van der Waals surface area contributed by atoms with Crippen LogP contribution in [0.2, 0.25) is 0 Å². The molecule has 0 spiro atoms. The molecule has 1 aromatic rings. The van der Waals surface area contributed by atoms with Gasteiger partial charge in [0, 0.05) is 11.7 Å². The Morgan fingerprint density at radius 1 is 1.28 bits per heavy atom. The summed E-state index contributed by atoms with van der Waals surface area (Å²) in [5.74, 6) is 0.0968. The summed E-state index contributed by atoms with van der Waals surface area (Å²) in [7, 11) is 0. The summed E-state index contributed by atoms with van der Waals surface area (Å²) in [6.45, 7) is 4.04. The predicted molar refractivity (Wildman–Crippen MR) is 70.7 cm³/mol. The second kappa shape index (κ2) is 5.38. The lowest BCUT2D eigenvalue weighted by molar-refractivity contribution is -0.142. The smallest absolute Gasteiger partial charge is 0.306 e. The molecule has 4 heteroatoms. The fourth-order valence-corrected chi connectivity index (χ4v) is 2.61. The minimum atomic E-state index is -0.655. The molecule has 0 atom stereocenters. The SMILES string of the molecule is Cc1cc(C)nc(NC2CCC(C(=O)O)CC2)c1. The van der Waals surface area contributed by atoms with Gasteiger partial charge in [0.15, 0.2) is 0 Å². The van der Waals surface area contributed by atoms with Gasteiger partial charge in [0.1, 0.15) is 5.82 Å². The summed E-state index contributed by atoms with van der Waals surface area (Å²) in [4.78, 5) is 15.3. The summed E-state index contributed by atoms with van der Waals surface area (Å²) in [5, 5.41) is 12.4. The second-order valence-electron chi connectivity index (χ2n) is 5.20. The van der Waals surface area contributed by atoms with Gasteiger partial charge in [0.25, 0.3) is 0 Å². The third-order valence-electron chi connectivity index (χ3n) is 3.53. The lowest BCUT2D eigenvalue weighted by Gasteiger charge is -2.27. The Morgan fingerprint density at radius 3 is 2.50 bits per heavy atom. The zero-order chi connectivity index (χ0) is 13.1. The summed E-state index contributed by atoms with van der Waals surface area (Å²) in [6.07, 6.45) is 3.34. The van der Waals surface area contributed by atoms with Crippen molar-refractivity contribution in [3.63, 3.8) is 0 Å². The van der Waals surface area contributed by atoms with Crippen molar-refractivity contribution in [2.75, 3.05) is 5.32 Å². The van der Waals surface area contributed by atoms with Crippen LogP contribution in [0.25, 0.3) is 0 Å². The van der Waals surface area contributed by atoms with Crippen molar-refractivity contribution >= 4 is 11.8 Å². The van der Waals surface area contributed by atoms with E-state index in [1.807, 2.05) is 19.1 Å². The van der Waals surface area contributed by atoms with E-state index in [-0.39, 0.29) is 5.92 Å². The molecule has 0 radical (unpaired) electrons. The molecule has 98 valence electrons. The van der Waals surface area contributed by atoms with E-state index in [9.17, 15) is 4.79 Å². The van der Waals surface area contributed by atoms with Gasteiger partial charge in [-0.15, -0.1) is 0 Å². The number of hydrogen-bond acceptors (Lipinski definition) is 3. The van der Waals surface area contributed by atoms with Crippen LogP contribution in [0.1, 0.15) is 36.9 Å². The molecule has 1 aliphatic carbocycles. The van der Waals surface area contributed by atoms with E-state index in [0.29, 0.717) is 6.04 Å². The third-order valence-corrected chi connectivity index (χ3v) is 3.53. The number of carboxylic acids is 1. The first-order valence-electron chi connectivity index (χ1n) is 6.49. The van der Waals surface area contributed by atoms with Crippen LogP contribution in [-0.4, -0.2) is 22.1 Å². The van der Waals surface area contributed by atoms with Crippen molar-refractivity contribution in [2.45, 2.75) is 45.6 Å². The molecule has 0 unspecified atom stereocenters. The summed E-state index contributed by atoms with van der Waals surface area (Å²) in [5.41, 5.74) is 2.21. The molecule has 18 heavy (non-hydrogen) atoms. The standard InChI is InChI=1S/C14H20N2O2/c1-9-7-10(2)15-13(8-9)16-12-5-3-11(4-6-12)14(17)18/h7-8,11-12H,3-6H2,1-2H3,(H,15,16)(H,17,18). The molecule has 0 bridgehead atoms. The van der Waals surface area contributed by atoms with Crippen molar-refractivity contribution in [1.82, 2.24) is 4.98 Å². The van der Waals surface area contributed by atoms with Gasteiger partial charge < -0.3 is 10.4 Å². The number of aryl methyl sites for hydroxylation is 2. The molecular weight excluding hydrogens is 228 g/mol. The van der Waals surface area contributed by atoms with Crippen molar-refractivity contribution in [3.05, 3.63) is 23.4 Å². The number of anilines is 1. The van der Waals surface area contributed by atoms with Gasteiger partial charge in [-0.1, -0.05) is 0 Å². The van der Waals surface area contributed by atoms with E-state index < -0.39 is 5.97 Å². The number of nitrogens with zero attached hydrogens (tertiary/aromatic N) is 1. The van der Waals surface area contributed by atoms with Crippen LogP contribution >= 0.6 is 0 Å². The number of aliphatic carboxylic acids is 1. The Hall–Kier alpha value is -1.58. The zero-order valence-electron chi connectivity index (χ0n) is 10.9. The number of carbonyl (C=O) groups is 1. The van der Waals surface area contributed by atoms with Gasteiger partial charge in [-0.3, -0.25) is 4.79 Å². The van der Waals surface area contributed by atoms with Crippen molar-refractivity contribution in [2.24, 2.45) is 5.92 Å². The molecule has 2 N–H and O–H groups in total. The van der Waals surface area contributed by atoms with Gasteiger partial charge in [-0.2, -0.15) is 0 Å². The molecule has 1 fully saturated rings. The average Bonchev–Trinajstić information content (AvgIpc) is 2.28. The highest BCUT2D eigenvalue weighted by Gasteiger charge is 2.25. The highest BCUT2D eigenvalue weighted by molar-refractivity contribution is 5.70. The number of carboxylic acid groups (broad SMARTS) is 1. The maximum absolute atomic E-state index is 10.9. The summed E-state index contributed by atoms with van der Waals surface area (Å²) >= 11 is 0. The maximum Gasteiger partial charge on any atom is 0.306 e. The largest absolute Gasteiger partial charge is 0.481 e. The Morgan fingerprint density at radius 2 is 1.94 bits per heavy atom. The molecule has 0 saturated heterocycles. The molecule has 1 saturated carbocycles. The molecule has 4 nitrogen and oxygen atoms in total. The van der Waals surface area contributed by atoms with Crippen LogP contribution < -0.4 is 5.32 Å². The first-order valence-corrected chi connectivity index (χ1v) is 6.49. The topological polar surface area (TPSA) is 62.2 Å². The summed E-state index contributed by atoms with van der Waals surface area (Å²) < 4.78 is 0. The summed E-state index contributed by atoms with van der Waals surface area (Å²) in [6, 6.07) is 4.44. The van der Waals surface area contributed by atoms with Crippen molar-refractivity contribution < 1.29 is 9.90 Å². The molecule has 1 aliphatic rings. The van der Waals surface area contributed by atoms with E-state index in [1.54, 1.807) is 0 Å². The molecule has 1 aromatic heterocycles. The Balaban J connectivity index is 1.93. The van der Waals surface area contributed by atoms with Crippen LogP contribution in [0.3, 0.4) is 0 Å². The maximum atomic E-state index is 10.9. The van der Waals surface area contributed by atoms with Gasteiger partial charge in [0.2, 0.25) is 0 Å². The van der Waals surface area contributed by atoms with E-state index in [2.05, 4.69) is 17.2 Å². The first-order chi connectivity index (χ1) is 8.54. The number of aromatic nitrogens is 1. The molecule has 0 aromatic carbocycles. The normalized spacial score (nSPS) is 23.7. The predicted octanol–water partition coefficient (Wildman–Crippen LogP) is 2.75. The monoisotopic (exact) mass is 248 g/mol. The number of nitrogens with one attached hydrogen (secondary N) is 1. The van der Waals surface area contributed by atoms with Crippen LogP contribution in [-0.2, 0) is 4.79 Å². The van der Waals surface area contributed by atoms with E-state index >= 15 is 0 Å². The van der Waals surface area contributed by atoms with Crippen LogP contribution in [0.5, 0.6) is 0 Å². The van der Waals surface area contributed by atoms with Crippen LogP contribution in [0, 0.1) is 19.8 Å². The minimum Gasteiger partial charge on any atom is -0.481 e. The first kappa shape index (κ1) is 12.9.